The van der Waals surface area contributed by atoms with Gasteiger partial charge in [-0.1, -0.05) is 36.4 Å². The number of hydrogen-bond donors (Lipinski definition) is 1. The summed E-state index contributed by atoms with van der Waals surface area (Å²) in [6.45, 7) is -3.33. The second-order valence-corrected chi connectivity index (χ2v) is 7.67. The highest BCUT2D eigenvalue weighted by Crippen LogP contribution is 2.27. The first-order valence-corrected chi connectivity index (χ1v) is 10.4. The highest BCUT2D eigenvalue weighted by Gasteiger charge is 2.16. The first kappa shape index (κ1) is 21.4. The predicted octanol–water partition coefficient (Wildman–Crippen LogP) is 4.40. The molecule has 1 N–H and O–H groups in total. The quantitative estimate of drug-likeness (QED) is 0.424. The van der Waals surface area contributed by atoms with E-state index in [-0.39, 0.29) is 18.2 Å². The molecule has 0 saturated heterocycles. The highest BCUT2D eigenvalue weighted by atomic mass is 32.1. The summed E-state index contributed by atoms with van der Waals surface area (Å²) < 4.78 is 36.2. The Kier molecular flexibility index (Phi) is 6.41. The van der Waals surface area contributed by atoms with Crippen LogP contribution in [0.1, 0.15) is 11.1 Å². The molecular weight excluding hydrogens is 440 g/mol. The number of nitrogens with zero attached hydrogens (tertiary/aromatic N) is 2. The molecule has 10 heteroatoms. The van der Waals surface area contributed by atoms with Crippen molar-refractivity contribution in [3.63, 3.8) is 0 Å². The Hall–Kier alpha value is -3.79. The number of hydrogen-bond acceptors (Lipinski definition) is 6. The van der Waals surface area contributed by atoms with E-state index in [9.17, 15) is 18.4 Å². The molecule has 0 radical (unpaired) electrons. The van der Waals surface area contributed by atoms with Crippen molar-refractivity contribution in [2.24, 2.45) is 0 Å². The van der Waals surface area contributed by atoms with Gasteiger partial charge in [-0.05, 0) is 35.2 Å². The number of rotatable bonds is 8. The number of nitrogens with one attached hydrogen (secondary N) is 1. The van der Waals surface area contributed by atoms with E-state index in [1.807, 2.05) is 35.7 Å². The monoisotopic (exact) mass is 457 g/mol. The molecule has 2 aromatic heterocycles. The van der Waals surface area contributed by atoms with E-state index in [4.69, 9.17) is 4.42 Å². The molecule has 0 saturated carbocycles. The molecule has 7 nitrogen and oxygen atoms in total. The van der Waals surface area contributed by atoms with E-state index >= 15 is 0 Å². The SMILES string of the molecule is O=C(Cn1nc(-c2cccs2)oc1=O)Nc1ccc(OC(F)F)c(Cc2ccccc2)c1. The van der Waals surface area contributed by atoms with Gasteiger partial charge in [-0.3, -0.25) is 4.79 Å². The van der Waals surface area contributed by atoms with Crippen LogP contribution < -0.4 is 15.8 Å². The third kappa shape index (κ3) is 5.27. The summed E-state index contributed by atoms with van der Waals surface area (Å²) in [7, 11) is 0. The minimum atomic E-state index is -2.97. The molecule has 32 heavy (non-hydrogen) atoms. The Labute approximate surface area is 184 Å². The van der Waals surface area contributed by atoms with Crippen molar-refractivity contribution in [2.45, 2.75) is 19.6 Å². The molecule has 164 valence electrons. The number of halogens is 2. The first-order valence-electron chi connectivity index (χ1n) is 9.51. The van der Waals surface area contributed by atoms with Gasteiger partial charge in [0.25, 0.3) is 5.89 Å². The lowest BCUT2D eigenvalue weighted by Gasteiger charge is -2.13. The zero-order valence-corrected chi connectivity index (χ0v) is 17.4. The number of benzene rings is 2. The van der Waals surface area contributed by atoms with Gasteiger partial charge in [0.05, 0.1) is 4.88 Å². The molecular formula is C22H17F2N3O4S. The summed E-state index contributed by atoms with van der Waals surface area (Å²) in [4.78, 5) is 25.1. The van der Waals surface area contributed by atoms with Gasteiger partial charge in [-0.2, -0.15) is 13.5 Å². The average Bonchev–Trinajstić information content (AvgIpc) is 3.41. The summed E-state index contributed by atoms with van der Waals surface area (Å²) >= 11 is 1.35. The molecule has 0 aliphatic heterocycles. The average molecular weight is 457 g/mol. The van der Waals surface area contributed by atoms with E-state index < -0.39 is 18.3 Å². The van der Waals surface area contributed by atoms with Crippen LogP contribution in [0.15, 0.2) is 75.3 Å². The molecule has 4 rings (SSSR count). The predicted molar refractivity (Wildman–Crippen MR) is 115 cm³/mol. The van der Waals surface area contributed by atoms with Crippen molar-refractivity contribution in [2.75, 3.05) is 5.32 Å². The van der Waals surface area contributed by atoms with Gasteiger partial charge in [0.1, 0.15) is 12.3 Å². The van der Waals surface area contributed by atoms with E-state index in [1.54, 1.807) is 18.2 Å². The summed E-state index contributed by atoms with van der Waals surface area (Å²) in [5.74, 6) is -1.12. The van der Waals surface area contributed by atoms with Crippen molar-refractivity contribution >= 4 is 22.9 Å². The summed E-state index contributed by atoms with van der Waals surface area (Å²) in [5, 5.41) is 8.50. The fraction of sp³-hybridized carbons (Fsp3) is 0.136. The third-order valence-corrected chi connectivity index (χ3v) is 5.29. The van der Waals surface area contributed by atoms with Crippen molar-refractivity contribution in [3.8, 4) is 16.5 Å². The zero-order chi connectivity index (χ0) is 22.5. The number of alkyl halides is 2. The van der Waals surface area contributed by atoms with Crippen LogP contribution in [-0.4, -0.2) is 22.3 Å². The van der Waals surface area contributed by atoms with Crippen LogP contribution in [0.25, 0.3) is 10.8 Å². The molecule has 1 amide bonds. The maximum Gasteiger partial charge on any atom is 0.437 e. The van der Waals surface area contributed by atoms with E-state index in [2.05, 4.69) is 15.2 Å². The van der Waals surface area contributed by atoms with E-state index in [0.29, 0.717) is 22.5 Å². The number of ether oxygens (including phenoxy) is 1. The molecule has 0 unspecified atom stereocenters. The maximum absolute atomic E-state index is 12.8. The van der Waals surface area contributed by atoms with Gasteiger partial charge in [-0.25, -0.2) is 4.79 Å². The van der Waals surface area contributed by atoms with Crippen molar-refractivity contribution in [3.05, 3.63) is 87.7 Å². The fourth-order valence-electron chi connectivity index (χ4n) is 3.06. The first-order chi connectivity index (χ1) is 15.5. The molecule has 2 aromatic carbocycles. The minimum Gasteiger partial charge on any atom is -0.435 e. The molecule has 2 heterocycles. The van der Waals surface area contributed by atoms with Gasteiger partial charge in [0.2, 0.25) is 5.91 Å². The van der Waals surface area contributed by atoms with E-state index in [0.717, 1.165) is 10.2 Å². The topological polar surface area (TPSA) is 86.4 Å². The Morgan fingerprint density at radius 1 is 1.16 bits per heavy atom. The van der Waals surface area contributed by atoms with Crippen LogP contribution >= 0.6 is 11.3 Å². The molecule has 0 atom stereocenters. The smallest absolute Gasteiger partial charge is 0.435 e. The molecule has 0 aliphatic rings. The maximum atomic E-state index is 12.8. The number of carbonyl (C=O) groups is 1. The normalized spacial score (nSPS) is 11.0. The highest BCUT2D eigenvalue weighted by molar-refractivity contribution is 7.13. The molecule has 0 spiro atoms. The van der Waals surface area contributed by atoms with Gasteiger partial charge in [0, 0.05) is 17.7 Å². The number of amides is 1. The fourth-order valence-corrected chi connectivity index (χ4v) is 3.71. The van der Waals surface area contributed by atoms with Crippen LogP contribution in [0.3, 0.4) is 0 Å². The third-order valence-electron chi connectivity index (χ3n) is 4.43. The summed E-state index contributed by atoms with van der Waals surface area (Å²) in [6.07, 6.45) is 0.333. The Bertz CT molecular complexity index is 1250. The van der Waals surface area contributed by atoms with Crippen LogP contribution in [0, 0.1) is 0 Å². The van der Waals surface area contributed by atoms with Gasteiger partial charge in [0.15, 0.2) is 0 Å². The van der Waals surface area contributed by atoms with Crippen molar-refractivity contribution in [1.29, 1.82) is 0 Å². The Morgan fingerprint density at radius 2 is 1.97 bits per heavy atom. The Morgan fingerprint density at radius 3 is 2.69 bits per heavy atom. The lowest BCUT2D eigenvalue weighted by atomic mass is 10.0. The van der Waals surface area contributed by atoms with Gasteiger partial charge < -0.3 is 14.5 Å². The summed E-state index contributed by atoms with van der Waals surface area (Å²) in [6, 6.07) is 17.2. The number of aromatic nitrogens is 2. The Balaban J connectivity index is 1.50. The molecule has 4 aromatic rings. The standard InChI is InChI=1S/C22H17F2N3O4S/c23-21(24)30-17-9-8-16(12-15(17)11-14-5-2-1-3-6-14)25-19(28)13-27-22(29)31-20(26-27)18-7-4-10-32-18/h1-10,12,21H,11,13H2,(H,25,28). The van der Waals surface area contributed by atoms with Crippen LogP contribution in [0.4, 0.5) is 14.5 Å². The lowest BCUT2D eigenvalue weighted by Crippen LogP contribution is -2.25. The zero-order valence-electron chi connectivity index (χ0n) is 16.5. The van der Waals surface area contributed by atoms with Crippen LogP contribution in [0.5, 0.6) is 5.75 Å². The molecule has 0 fully saturated rings. The van der Waals surface area contributed by atoms with Crippen molar-refractivity contribution < 1.29 is 22.7 Å². The molecule has 0 bridgehead atoms. The van der Waals surface area contributed by atoms with Crippen molar-refractivity contribution in [1.82, 2.24) is 9.78 Å². The summed E-state index contributed by atoms with van der Waals surface area (Å²) in [5.41, 5.74) is 1.75. The lowest BCUT2D eigenvalue weighted by molar-refractivity contribution is -0.117. The van der Waals surface area contributed by atoms with Crippen LogP contribution in [-0.2, 0) is 17.8 Å². The van der Waals surface area contributed by atoms with Gasteiger partial charge in [-0.15, -0.1) is 16.4 Å². The second-order valence-electron chi connectivity index (χ2n) is 6.72. The second kappa shape index (κ2) is 9.56. The molecule has 0 aliphatic carbocycles. The number of carbonyl (C=O) groups excluding carboxylic acids is 1. The van der Waals surface area contributed by atoms with Gasteiger partial charge >= 0.3 is 12.4 Å². The largest absolute Gasteiger partial charge is 0.437 e. The number of anilines is 1. The minimum absolute atomic E-state index is 0.0233. The number of thiophene rings is 1. The van der Waals surface area contributed by atoms with Crippen LogP contribution in [0.2, 0.25) is 0 Å². The van der Waals surface area contributed by atoms with E-state index in [1.165, 1.54) is 23.5 Å².